The van der Waals surface area contributed by atoms with E-state index in [1.807, 2.05) is 4.90 Å². The lowest BCUT2D eigenvalue weighted by molar-refractivity contribution is -0.132. The van der Waals surface area contributed by atoms with Gasteiger partial charge < -0.3 is 19.9 Å². The Morgan fingerprint density at radius 2 is 1.82 bits per heavy atom. The Balaban J connectivity index is 0.00000176. The van der Waals surface area contributed by atoms with E-state index in [1.54, 1.807) is 0 Å². The molecular formula is C16H30ClN3O2. The number of ether oxygens (including phenoxy) is 1. The number of likely N-dealkylation sites (tertiary alicyclic amines) is 1. The molecule has 3 heterocycles. The fourth-order valence-electron chi connectivity index (χ4n) is 4.04. The zero-order valence-electron chi connectivity index (χ0n) is 13.5. The van der Waals surface area contributed by atoms with E-state index >= 15 is 0 Å². The standard InChI is InChI=1S/C16H29N3O2.ClH/c20-15(19-10-6-17-7-11-19)2-9-18-8-1-3-16(14-18)4-12-21-13-5-16;/h17H,1-14H2;1H. The van der Waals surface area contributed by atoms with Gasteiger partial charge in [0.2, 0.25) is 5.91 Å². The molecule has 3 aliphatic heterocycles. The molecule has 0 radical (unpaired) electrons. The first-order valence-electron chi connectivity index (χ1n) is 8.56. The van der Waals surface area contributed by atoms with Crippen molar-refractivity contribution in [2.45, 2.75) is 32.1 Å². The lowest BCUT2D eigenvalue weighted by Crippen LogP contribution is -2.49. The van der Waals surface area contributed by atoms with Gasteiger partial charge in [0.15, 0.2) is 0 Å². The van der Waals surface area contributed by atoms with Gasteiger partial charge in [-0.05, 0) is 37.6 Å². The number of hydrogen-bond acceptors (Lipinski definition) is 4. The van der Waals surface area contributed by atoms with Crippen molar-refractivity contribution < 1.29 is 9.53 Å². The molecule has 1 N–H and O–H groups in total. The number of piperidine rings is 1. The molecule has 22 heavy (non-hydrogen) atoms. The monoisotopic (exact) mass is 331 g/mol. The first-order valence-corrected chi connectivity index (χ1v) is 8.56. The molecule has 3 rings (SSSR count). The quantitative estimate of drug-likeness (QED) is 0.842. The molecule has 0 aromatic heterocycles. The first kappa shape index (κ1) is 18.0. The van der Waals surface area contributed by atoms with Gasteiger partial charge >= 0.3 is 0 Å². The third-order valence-electron chi connectivity index (χ3n) is 5.41. The van der Waals surface area contributed by atoms with E-state index in [0.29, 0.717) is 17.7 Å². The molecule has 0 atom stereocenters. The number of hydrogen-bond donors (Lipinski definition) is 1. The highest BCUT2D eigenvalue weighted by Crippen LogP contribution is 2.39. The summed E-state index contributed by atoms with van der Waals surface area (Å²) in [7, 11) is 0. The van der Waals surface area contributed by atoms with Crippen LogP contribution >= 0.6 is 12.4 Å². The first-order chi connectivity index (χ1) is 10.3. The van der Waals surface area contributed by atoms with Gasteiger partial charge in [-0.2, -0.15) is 0 Å². The van der Waals surface area contributed by atoms with Crippen LogP contribution in [0, 0.1) is 5.41 Å². The summed E-state index contributed by atoms with van der Waals surface area (Å²) < 4.78 is 5.52. The van der Waals surface area contributed by atoms with E-state index in [2.05, 4.69) is 10.2 Å². The van der Waals surface area contributed by atoms with Crippen LogP contribution in [0.5, 0.6) is 0 Å². The molecular weight excluding hydrogens is 302 g/mol. The molecule has 1 amide bonds. The second kappa shape index (κ2) is 8.48. The maximum absolute atomic E-state index is 12.3. The van der Waals surface area contributed by atoms with Crippen molar-refractivity contribution in [1.29, 1.82) is 0 Å². The molecule has 3 fully saturated rings. The molecule has 1 spiro atoms. The van der Waals surface area contributed by atoms with Crippen LogP contribution in [0.25, 0.3) is 0 Å². The van der Waals surface area contributed by atoms with E-state index in [9.17, 15) is 4.79 Å². The number of nitrogens with zero attached hydrogens (tertiary/aromatic N) is 2. The van der Waals surface area contributed by atoms with Crippen LogP contribution in [0.3, 0.4) is 0 Å². The third-order valence-corrected chi connectivity index (χ3v) is 5.41. The minimum absolute atomic E-state index is 0. The Labute approximate surface area is 140 Å². The van der Waals surface area contributed by atoms with Crippen LogP contribution in [0.4, 0.5) is 0 Å². The third kappa shape index (κ3) is 4.57. The van der Waals surface area contributed by atoms with Crippen LogP contribution in [0.1, 0.15) is 32.1 Å². The SMILES string of the molecule is Cl.O=C(CCN1CCCC2(CCOCC2)C1)N1CCNCC1. The summed E-state index contributed by atoms with van der Waals surface area (Å²) in [6.45, 7) is 8.76. The van der Waals surface area contributed by atoms with Gasteiger partial charge in [-0.15, -0.1) is 12.4 Å². The van der Waals surface area contributed by atoms with E-state index in [-0.39, 0.29) is 12.4 Å². The molecule has 0 bridgehead atoms. The minimum Gasteiger partial charge on any atom is -0.381 e. The second-order valence-corrected chi connectivity index (χ2v) is 6.87. The van der Waals surface area contributed by atoms with Gasteiger partial charge in [0.05, 0.1) is 0 Å². The number of carbonyl (C=O) groups is 1. The van der Waals surface area contributed by atoms with Gasteiger partial charge in [0, 0.05) is 58.9 Å². The summed E-state index contributed by atoms with van der Waals surface area (Å²) in [4.78, 5) is 16.8. The lowest BCUT2D eigenvalue weighted by atomic mass is 9.74. The van der Waals surface area contributed by atoms with Gasteiger partial charge in [-0.1, -0.05) is 0 Å². The van der Waals surface area contributed by atoms with Crippen molar-refractivity contribution in [2.24, 2.45) is 5.41 Å². The lowest BCUT2D eigenvalue weighted by Gasteiger charge is -2.45. The number of carbonyl (C=O) groups excluding carboxylic acids is 1. The number of nitrogens with one attached hydrogen (secondary N) is 1. The van der Waals surface area contributed by atoms with Crippen LogP contribution in [0.2, 0.25) is 0 Å². The smallest absolute Gasteiger partial charge is 0.223 e. The van der Waals surface area contributed by atoms with Crippen molar-refractivity contribution in [3.63, 3.8) is 0 Å². The van der Waals surface area contributed by atoms with Crippen molar-refractivity contribution >= 4 is 18.3 Å². The average molecular weight is 332 g/mol. The fourth-order valence-corrected chi connectivity index (χ4v) is 4.04. The average Bonchev–Trinajstić information content (AvgIpc) is 2.54. The Bertz CT molecular complexity index is 350. The summed E-state index contributed by atoms with van der Waals surface area (Å²) >= 11 is 0. The van der Waals surface area contributed by atoms with Crippen LogP contribution in [-0.4, -0.2) is 74.7 Å². The molecule has 3 saturated heterocycles. The number of halogens is 1. The molecule has 0 aromatic carbocycles. The maximum atomic E-state index is 12.3. The summed E-state index contributed by atoms with van der Waals surface area (Å²) in [6.07, 6.45) is 5.72. The Morgan fingerprint density at radius 1 is 1.09 bits per heavy atom. The topological polar surface area (TPSA) is 44.8 Å². The molecule has 0 unspecified atom stereocenters. The van der Waals surface area contributed by atoms with E-state index in [0.717, 1.165) is 52.5 Å². The molecule has 0 saturated carbocycles. The molecule has 128 valence electrons. The highest BCUT2D eigenvalue weighted by Gasteiger charge is 2.36. The zero-order chi connectivity index (χ0) is 14.5. The maximum Gasteiger partial charge on any atom is 0.223 e. The van der Waals surface area contributed by atoms with Crippen molar-refractivity contribution in [2.75, 3.05) is 59.0 Å². The number of piperazine rings is 1. The number of rotatable bonds is 3. The Hall–Kier alpha value is -0.360. The molecule has 6 heteroatoms. The Morgan fingerprint density at radius 3 is 2.55 bits per heavy atom. The van der Waals surface area contributed by atoms with Gasteiger partial charge in [-0.25, -0.2) is 0 Å². The van der Waals surface area contributed by atoms with Crippen molar-refractivity contribution in [3.05, 3.63) is 0 Å². The van der Waals surface area contributed by atoms with Crippen LogP contribution in [-0.2, 0) is 9.53 Å². The largest absolute Gasteiger partial charge is 0.381 e. The summed E-state index contributed by atoms with van der Waals surface area (Å²) in [5.74, 6) is 0.336. The minimum atomic E-state index is 0. The van der Waals surface area contributed by atoms with Crippen molar-refractivity contribution in [3.8, 4) is 0 Å². The second-order valence-electron chi connectivity index (χ2n) is 6.87. The predicted molar refractivity (Wildman–Crippen MR) is 89.5 cm³/mol. The number of amides is 1. The van der Waals surface area contributed by atoms with Crippen LogP contribution in [0.15, 0.2) is 0 Å². The van der Waals surface area contributed by atoms with Gasteiger partial charge in [0.25, 0.3) is 0 Å². The molecule has 5 nitrogen and oxygen atoms in total. The highest BCUT2D eigenvalue weighted by molar-refractivity contribution is 5.85. The normalized spacial score (nSPS) is 25.7. The van der Waals surface area contributed by atoms with E-state index in [4.69, 9.17) is 4.74 Å². The zero-order valence-corrected chi connectivity index (χ0v) is 14.3. The van der Waals surface area contributed by atoms with Crippen LogP contribution < -0.4 is 5.32 Å². The highest BCUT2D eigenvalue weighted by atomic mass is 35.5. The van der Waals surface area contributed by atoms with E-state index in [1.165, 1.54) is 32.2 Å². The molecule has 0 aliphatic carbocycles. The summed E-state index contributed by atoms with van der Waals surface area (Å²) in [5.41, 5.74) is 0.481. The van der Waals surface area contributed by atoms with E-state index < -0.39 is 0 Å². The molecule has 0 aromatic rings. The van der Waals surface area contributed by atoms with Gasteiger partial charge in [0.1, 0.15) is 0 Å². The summed E-state index contributed by atoms with van der Waals surface area (Å²) in [6, 6.07) is 0. The summed E-state index contributed by atoms with van der Waals surface area (Å²) in [5, 5.41) is 3.30. The fraction of sp³-hybridized carbons (Fsp3) is 0.938. The van der Waals surface area contributed by atoms with Crippen molar-refractivity contribution in [1.82, 2.24) is 15.1 Å². The van der Waals surface area contributed by atoms with Gasteiger partial charge in [-0.3, -0.25) is 4.79 Å². The Kier molecular flexibility index (Phi) is 6.93. The molecule has 3 aliphatic rings. The predicted octanol–water partition coefficient (Wildman–Crippen LogP) is 1.12.